The second kappa shape index (κ2) is 9.36. The smallest absolute Gasteiger partial charge is 0.226 e. The summed E-state index contributed by atoms with van der Waals surface area (Å²) in [6, 6.07) is 0. The Morgan fingerprint density at radius 1 is 1.09 bits per heavy atom. The van der Waals surface area contributed by atoms with Crippen molar-refractivity contribution in [2.75, 3.05) is 32.7 Å². The molecular formula is C16H30ClN3O2. The largest absolute Gasteiger partial charge is 0.339 e. The van der Waals surface area contributed by atoms with Crippen LogP contribution in [0.15, 0.2) is 0 Å². The summed E-state index contributed by atoms with van der Waals surface area (Å²) in [5.74, 6) is 1.04. The number of hydrogen-bond donors (Lipinski definition) is 1. The Morgan fingerprint density at radius 3 is 2.18 bits per heavy atom. The van der Waals surface area contributed by atoms with Crippen molar-refractivity contribution in [3.05, 3.63) is 0 Å². The number of nitrogens with zero attached hydrogens (tertiary/aromatic N) is 2. The van der Waals surface area contributed by atoms with Gasteiger partial charge in [-0.3, -0.25) is 9.59 Å². The molecule has 2 aliphatic rings. The molecule has 0 bridgehead atoms. The molecule has 0 aromatic heterocycles. The van der Waals surface area contributed by atoms with Crippen LogP contribution in [0.2, 0.25) is 0 Å². The quantitative estimate of drug-likeness (QED) is 0.833. The molecule has 0 spiro atoms. The zero-order valence-corrected chi connectivity index (χ0v) is 14.4. The van der Waals surface area contributed by atoms with Gasteiger partial charge in [-0.15, -0.1) is 12.4 Å². The van der Waals surface area contributed by atoms with Crippen LogP contribution < -0.4 is 5.73 Å². The van der Waals surface area contributed by atoms with Crippen LogP contribution in [0.3, 0.4) is 0 Å². The lowest BCUT2D eigenvalue weighted by atomic mass is 10.0. The molecule has 1 saturated carbocycles. The Kier molecular flexibility index (Phi) is 8.18. The van der Waals surface area contributed by atoms with E-state index < -0.39 is 0 Å². The molecule has 2 fully saturated rings. The number of halogens is 1. The molecule has 0 aromatic carbocycles. The lowest BCUT2D eigenvalue weighted by molar-refractivity contribution is -0.141. The Morgan fingerprint density at radius 2 is 1.64 bits per heavy atom. The highest BCUT2D eigenvalue weighted by molar-refractivity contribution is 5.85. The zero-order valence-electron chi connectivity index (χ0n) is 13.6. The molecule has 2 N–H and O–H groups in total. The van der Waals surface area contributed by atoms with Crippen molar-refractivity contribution in [3.8, 4) is 0 Å². The van der Waals surface area contributed by atoms with Crippen LogP contribution in [-0.4, -0.2) is 54.3 Å². The molecule has 6 heteroatoms. The zero-order chi connectivity index (χ0) is 15.2. The van der Waals surface area contributed by atoms with Crippen LogP contribution >= 0.6 is 12.4 Å². The highest BCUT2D eigenvalue weighted by Crippen LogP contribution is 2.28. The third-order valence-electron chi connectivity index (χ3n) is 4.96. The fourth-order valence-electron chi connectivity index (χ4n) is 3.37. The summed E-state index contributed by atoms with van der Waals surface area (Å²) in [5, 5.41) is 0. The summed E-state index contributed by atoms with van der Waals surface area (Å²) in [4.78, 5) is 28.0. The van der Waals surface area contributed by atoms with Crippen molar-refractivity contribution < 1.29 is 9.59 Å². The first-order chi connectivity index (χ1) is 10.1. The van der Waals surface area contributed by atoms with Gasteiger partial charge in [0.15, 0.2) is 0 Å². The number of nitrogens with two attached hydrogens (primary N) is 1. The van der Waals surface area contributed by atoms with Crippen LogP contribution in [0, 0.1) is 11.8 Å². The molecule has 2 amide bonds. The van der Waals surface area contributed by atoms with E-state index >= 15 is 0 Å². The van der Waals surface area contributed by atoms with Gasteiger partial charge >= 0.3 is 0 Å². The Bertz CT molecular complexity index is 364. The molecule has 5 nitrogen and oxygen atoms in total. The fourth-order valence-corrected chi connectivity index (χ4v) is 3.37. The van der Waals surface area contributed by atoms with Gasteiger partial charge in [0.05, 0.1) is 0 Å². The monoisotopic (exact) mass is 331 g/mol. The minimum absolute atomic E-state index is 0. The van der Waals surface area contributed by atoms with Crippen LogP contribution in [0.5, 0.6) is 0 Å². The molecule has 1 atom stereocenters. The van der Waals surface area contributed by atoms with Gasteiger partial charge in [0, 0.05) is 45.1 Å². The molecule has 1 aliphatic carbocycles. The molecule has 0 radical (unpaired) electrons. The maximum absolute atomic E-state index is 12.2. The van der Waals surface area contributed by atoms with E-state index in [2.05, 4.69) is 0 Å². The summed E-state index contributed by atoms with van der Waals surface area (Å²) < 4.78 is 0. The molecule has 1 aliphatic heterocycles. The summed E-state index contributed by atoms with van der Waals surface area (Å²) >= 11 is 0. The van der Waals surface area contributed by atoms with Crippen LogP contribution in [-0.2, 0) is 9.59 Å². The highest BCUT2D eigenvalue weighted by atomic mass is 35.5. The van der Waals surface area contributed by atoms with Crippen molar-refractivity contribution >= 4 is 24.2 Å². The van der Waals surface area contributed by atoms with Crippen molar-refractivity contribution in [2.45, 2.75) is 45.4 Å². The van der Waals surface area contributed by atoms with E-state index in [4.69, 9.17) is 5.73 Å². The summed E-state index contributed by atoms with van der Waals surface area (Å²) in [6.07, 6.45) is 6.98. The first-order valence-electron chi connectivity index (χ1n) is 8.38. The SMILES string of the molecule is CC(CN)C(=O)N1CCN(C(=O)CCC2CCCC2)CC1.Cl. The van der Waals surface area contributed by atoms with E-state index in [9.17, 15) is 9.59 Å². The van der Waals surface area contributed by atoms with Gasteiger partial charge in [0.2, 0.25) is 11.8 Å². The standard InChI is InChI=1S/C16H29N3O2.ClH/c1-13(12-17)16(21)19-10-8-18(9-11-19)15(20)7-6-14-4-2-3-5-14;/h13-14H,2-12,17H2,1H3;1H. The topological polar surface area (TPSA) is 66.6 Å². The summed E-state index contributed by atoms with van der Waals surface area (Å²) in [7, 11) is 0. The summed E-state index contributed by atoms with van der Waals surface area (Å²) in [6.45, 7) is 4.90. The van der Waals surface area contributed by atoms with E-state index in [1.54, 1.807) is 0 Å². The number of rotatable bonds is 5. The van der Waals surface area contributed by atoms with E-state index in [0.717, 1.165) is 12.3 Å². The van der Waals surface area contributed by atoms with Crippen LogP contribution in [0.1, 0.15) is 45.4 Å². The number of amides is 2. The second-order valence-electron chi connectivity index (χ2n) is 6.53. The van der Waals surface area contributed by atoms with Gasteiger partial charge in [0.25, 0.3) is 0 Å². The predicted octanol–water partition coefficient (Wildman–Crippen LogP) is 1.64. The molecule has 2 rings (SSSR count). The normalized spacial score (nSPS) is 20.6. The second-order valence-corrected chi connectivity index (χ2v) is 6.53. The average Bonchev–Trinajstić information content (AvgIpc) is 3.04. The minimum atomic E-state index is -0.116. The Hall–Kier alpha value is -0.810. The van der Waals surface area contributed by atoms with E-state index in [1.807, 2.05) is 16.7 Å². The highest BCUT2D eigenvalue weighted by Gasteiger charge is 2.26. The lowest BCUT2D eigenvalue weighted by Gasteiger charge is -2.36. The van der Waals surface area contributed by atoms with Gasteiger partial charge in [-0.05, 0) is 12.3 Å². The molecule has 128 valence electrons. The molecular weight excluding hydrogens is 302 g/mol. The lowest BCUT2D eigenvalue weighted by Crippen LogP contribution is -2.52. The van der Waals surface area contributed by atoms with Gasteiger partial charge < -0.3 is 15.5 Å². The van der Waals surface area contributed by atoms with Gasteiger partial charge in [-0.25, -0.2) is 0 Å². The molecule has 22 heavy (non-hydrogen) atoms. The maximum Gasteiger partial charge on any atom is 0.226 e. The van der Waals surface area contributed by atoms with Gasteiger partial charge in [0.1, 0.15) is 0 Å². The third-order valence-corrected chi connectivity index (χ3v) is 4.96. The average molecular weight is 332 g/mol. The summed E-state index contributed by atoms with van der Waals surface area (Å²) in [5.41, 5.74) is 5.54. The number of hydrogen-bond acceptors (Lipinski definition) is 3. The molecule has 0 aromatic rings. The maximum atomic E-state index is 12.2. The van der Waals surface area contributed by atoms with E-state index in [-0.39, 0.29) is 30.1 Å². The Balaban J connectivity index is 0.00000242. The van der Waals surface area contributed by atoms with E-state index in [1.165, 1.54) is 25.7 Å². The van der Waals surface area contributed by atoms with Crippen molar-refractivity contribution in [1.29, 1.82) is 0 Å². The first-order valence-corrected chi connectivity index (χ1v) is 8.38. The van der Waals surface area contributed by atoms with Crippen molar-refractivity contribution in [3.63, 3.8) is 0 Å². The van der Waals surface area contributed by atoms with Gasteiger partial charge in [-0.2, -0.15) is 0 Å². The Labute approximate surface area is 140 Å². The minimum Gasteiger partial charge on any atom is -0.339 e. The van der Waals surface area contributed by atoms with Crippen molar-refractivity contribution in [2.24, 2.45) is 17.6 Å². The van der Waals surface area contributed by atoms with Crippen molar-refractivity contribution in [1.82, 2.24) is 9.80 Å². The number of carbonyl (C=O) groups is 2. The molecule has 1 unspecified atom stereocenters. The fraction of sp³-hybridized carbons (Fsp3) is 0.875. The van der Waals surface area contributed by atoms with E-state index in [0.29, 0.717) is 39.1 Å². The first kappa shape index (κ1) is 19.2. The third kappa shape index (κ3) is 5.13. The number of carbonyl (C=O) groups excluding carboxylic acids is 2. The van der Waals surface area contributed by atoms with Crippen LogP contribution in [0.25, 0.3) is 0 Å². The molecule has 1 heterocycles. The van der Waals surface area contributed by atoms with Gasteiger partial charge in [-0.1, -0.05) is 32.6 Å². The number of piperazine rings is 1. The predicted molar refractivity (Wildman–Crippen MR) is 89.8 cm³/mol. The molecule has 1 saturated heterocycles. The van der Waals surface area contributed by atoms with Crippen LogP contribution in [0.4, 0.5) is 0 Å².